The van der Waals surface area contributed by atoms with Crippen LogP contribution in [0.25, 0.3) is 109 Å². The van der Waals surface area contributed by atoms with Crippen LogP contribution in [0.5, 0.6) is 0 Å². The second kappa shape index (κ2) is 12.9. The van der Waals surface area contributed by atoms with Gasteiger partial charge >= 0.3 is 0 Å². The number of benzene rings is 9. The molecule has 11 aromatic rings. The van der Waals surface area contributed by atoms with Crippen molar-refractivity contribution in [3.63, 3.8) is 0 Å². The molecule has 256 valence electrons. The fourth-order valence-electron chi connectivity index (χ4n) is 8.15. The quantitative estimate of drug-likeness (QED) is 0.166. The number of thiophene rings is 1. The average Bonchev–Trinajstić information content (AvgIpc) is 3.65. The van der Waals surface area contributed by atoms with E-state index in [1.165, 1.54) is 64.8 Å². The van der Waals surface area contributed by atoms with Crippen LogP contribution < -0.4 is 0 Å². The van der Waals surface area contributed by atoms with Crippen molar-refractivity contribution in [3.8, 4) is 56.0 Å². The molecule has 2 heterocycles. The van der Waals surface area contributed by atoms with Gasteiger partial charge in [0.25, 0.3) is 0 Å². The highest BCUT2D eigenvalue weighted by atomic mass is 32.1. The van der Waals surface area contributed by atoms with Gasteiger partial charge in [-0.1, -0.05) is 170 Å². The van der Waals surface area contributed by atoms with Gasteiger partial charge in [0.2, 0.25) is 0 Å². The molecule has 0 saturated heterocycles. The smallest absolute Gasteiger partial charge is 0.160 e. The number of fused-ring (bicyclic) bond motifs is 9. The highest BCUT2D eigenvalue weighted by molar-refractivity contribution is 7.26. The van der Waals surface area contributed by atoms with Crippen molar-refractivity contribution >= 4 is 64.0 Å². The number of aromatic nitrogens is 2. The molecule has 0 fully saturated rings. The molecule has 0 saturated carbocycles. The molecule has 11 rings (SSSR count). The van der Waals surface area contributed by atoms with Crippen LogP contribution in [0, 0.1) is 0 Å². The van der Waals surface area contributed by atoms with Crippen LogP contribution in [0.2, 0.25) is 0 Å². The summed E-state index contributed by atoms with van der Waals surface area (Å²) < 4.78 is 2.30. The highest BCUT2D eigenvalue weighted by Crippen LogP contribution is 2.42. The summed E-state index contributed by atoms with van der Waals surface area (Å²) in [6, 6.07) is 69.8. The van der Waals surface area contributed by atoms with E-state index >= 15 is 0 Å². The van der Waals surface area contributed by atoms with Crippen molar-refractivity contribution in [2.45, 2.75) is 0 Å². The Hall–Kier alpha value is -6.94. The summed E-state index contributed by atoms with van der Waals surface area (Å²) in [5.41, 5.74) is 11.1. The molecular formula is C52H32N2S. The van der Waals surface area contributed by atoms with E-state index in [1.807, 2.05) is 0 Å². The third-order valence-electron chi connectivity index (χ3n) is 10.9. The molecule has 0 atom stereocenters. The predicted octanol–water partition coefficient (Wildman–Crippen LogP) is 14.6. The van der Waals surface area contributed by atoms with Crippen LogP contribution in [0.1, 0.15) is 0 Å². The molecule has 2 nitrogen and oxygen atoms in total. The summed E-state index contributed by atoms with van der Waals surface area (Å²) in [5, 5.41) is 8.80. The fourth-order valence-corrected chi connectivity index (χ4v) is 9.29. The van der Waals surface area contributed by atoms with E-state index in [1.54, 1.807) is 11.3 Å². The molecule has 9 aromatic carbocycles. The molecule has 0 unspecified atom stereocenters. The lowest BCUT2D eigenvalue weighted by molar-refractivity contribution is 1.24. The summed E-state index contributed by atoms with van der Waals surface area (Å²) in [6.45, 7) is 0. The topological polar surface area (TPSA) is 25.8 Å². The Morgan fingerprint density at radius 2 is 0.745 bits per heavy atom. The number of hydrogen-bond acceptors (Lipinski definition) is 3. The van der Waals surface area contributed by atoms with E-state index in [0.29, 0.717) is 0 Å². The number of nitrogens with zero attached hydrogens (tertiary/aromatic N) is 2. The molecule has 2 aromatic heterocycles. The number of hydrogen-bond donors (Lipinski definition) is 0. The van der Waals surface area contributed by atoms with Crippen molar-refractivity contribution in [2.24, 2.45) is 0 Å². The van der Waals surface area contributed by atoms with Crippen LogP contribution in [-0.4, -0.2) is 9.97 Å². The van der Waals surface area contributed by atoms with Gasteiger partial charge < -0.3 is 0 Å². The van der Waals surface area contributed by atoms with Crippen molar-refractivity contribution in [1.82, 2.24) is 9.97 Å². The zero-order chi connectivity index (χ0) is 36.3. The summed E-state index contributed by atoms with van der Waals surface area (Å²) in [5.74, 6) is 0.725. The Balaban J connectivity index is 1.06. The third-order valence-corrected chi connectivity index (χ3v) is 12.0. The Morgan fingerprint density at radius 1 is 0.291 bits per heavy atom. The lowest BCUT2D eigenvalue weighted by atomic mass is 9.92. The van der Waals surface area contributed by atoms with Gasteiger partial charge in [0.05, 0.1) is 15.9 Å². The Morgan fingerprint density at radius 3 is 1.44 bits per heavy atom. The minimum absolute atomic E-state index is 0.725. The average molecular weight is 717 g/mol. The first-order valence-electron chi connectivity index (χ1n) is 18.6. The molecule has 0 spiro atoms. The molecule has 3 heteroatoms. The van der Waals surface area contributed by atoms with Gasteiger partial charge in [0.15, 0.2) is 5.82 Å². The predicted molar refractivity (Wildman–Crippen MR) is 235 cm³/mol. The lowest BCUT2D eigenvalue weighted by Crippen LogP contribution is -1.94. The first-order chi connectivity index (χ1) is 27.2. The molecule has 0 bridgehead atoms. The first kappa shape index (κ1) is 31.6. The monoisotopic (exact) mass is 716 g/mol. The van der Waals surface area contributed by atoms with Crippen LogP contribution in [0.15, 0.2) is 194 Å². The maximum absolute atomic E-state index is 5.37. The van der Waals surface area contributed by atoms with E-state index in [0.717, 1.165) is 43.8 Å². The van der Waals surface area contributed by atoms with Gasteiger partial charge in [0.1, 0.15) is 0 Å². The van der Waals surface area contributed by atoms with Gasteiger partial charge in [0, 0.05) is 21.2 Å². The normalized spacial score (nSPS) is 11.6. The molecule has 0 aliphatic rings. The number of rotatable bonds is 5. The summed E-state index contributed by atoms with van der Waals surface area (Å²) in [7, 11) is 0. The third kappa shape index (κ3) is 5.40. The van der Waals surface area contributed by atoms with Crippen molar-refractivity contribution < 1.29 is 0 Å². The molecular weight excluding hydrogens is 685 g/mol. The van der Waals surface area contributed by atoms with Gasteiger partial charge in [-0.25, -0.2) is 9.97 Å². The van der Waals surface area contributed by atoms with E-state index in [-0.39, 0.29) is 0 Å². The SMILES string of the molecule is c1ccc(-c2ccc(-c3ccc4sc5c(-c6ccccc6)nc(-c6cccc(-c7ccc8c9ccccc9c9ccccc9c8c7)c6)nc5c4c3)cc2)cc1. The maximum Gasteiger partial charge on any atom is 0.160 e. The molecule has 0 aliphatic heterocycles. The molecule has 0 amide bonds. The zero-order valence-corrected chi connectivity index (χ0v) is 30.6. The first-order valence-corrected chi connectivity index (χ1v) is 19.5. The van der Waals surface area contributed by atoms with Crippen molar-refractivity contribution in [1.29, 1.82) is 0 Å². The Bertz CT molecular complexity index is 3200. The van der Waals surface area contributed by atoms with Crippen molar-refractivity contribution in [3.05, 3.63) is 194 Å². The van der Waals surface area contributed by atoms with Crippen LogP contribution in [0.4, 0.5) is 0 Å². The lowest BCUT2D eigenvalue weighted by Gasteiger charge is -2.12. The second-order valence-corrected chi connectivity index (χ2v) is 15.2. The molecule has 0 aliphatic carbocycles. The minimum Gasteiger partial charge on any atom is -0.226 e. The van der Waals surface area contributed by atoms with Crippen LogP contribution in [-0.2, 0) is 0 Å². The van der Waals surface area contributed by atoms with Crippen LogP contribution in [0.3, 0.4) is 0 Å². The van der Waals surface area contributed by atoms with E-state index in [2.05, 4.69) is 194 Å². The van der Waals surface area contributed by atoms with Gasteiger partial charge in [-0.05, 0) is 90.0 Å². The van der Waals surface area contributed by atoms with E-state index in [9.17, 15) is 0 Å². The molecule has 0 N–H and O–H groups in total. The fraction of sp³-hybridized carbons (Fsp3) is 0. The highest BCUT2D eigenvalue weighted by Gasteiger charge is 2.18. The Labute approximate surface area is 322 Å². The minimum atomic E-state index is 0.725. The second-order valence-electron chi connectivity index (χ2n) is 14.1. The van der Waals surface area contributed by atoms with E-state index < -0.39 is 0 Å². The zero-order valence-electron chi connectivity index (χ0n) is 29.8. The standard InChI is InChI=1S/C52H32N2S/c1-3-12-33(13-4-1)34-22-24-35(25-23-34)38-27-29-48-47(32-38)50-51(55-48)49(36-14-5-2-6-15-36)53-52(54-50)40-17-11-16-37(30-40)39-26-28-45-43-20-8-7-18-41(43)42-19-9-10-21-44(42)46(45)31-39/h1-32H. The van der Waals surface area contributed by atoms with Gasteiger partial charge in [-0.2, -0.15) is 0 Å². The Kier molecular flexibility index (Phi) is 7.39. The largest absolute Gasteiger partial charge is 0.226 e. The van der Waals surface area contributed by atoms with Crippen LogP contribution >= 0.6 is 11.3 Å². The summed E-state index contributed by atoms with van der Waals surface area (Å²) in [6.07, 6.45) is 0. The van der Waals surface area contributed by atoms with Crippen molar-refractivity contribution in [2.75, 3.05) is 0 Å². The summed E-state index contributed by atoms with van der Waals surface area (Å²) in [4.78, 5) is 10.7. The molecule has 0 radical (unpaired) electrons. The molecule has 55 heavy (non-hydrogen) atoms. The van der Waals surface area contributed by atoms with Gasteiger partial charge in [-0.3, -0.25) is 0 Å². The van der Waals surface area contributed by atoms with Gasteiger partial charge in [-0.15, -0.1) is 11.3 Å². The van der Waals surface area contributed by atoms with E-state index in [4.69, 9.17) is 9.97 Å². The maximum atomic E-state index is 5.37. The summed E-state index contributed by atoms with van der Waals surface area (Å²) >= 11 is 1.77.